The van der Waals surface area contributed by atoms with Crippen LogP contribution in [0.3, 0.4) is 0 Å². The van der Waals surface area contributed by atoms with Crippen LogP contribution >= 0.6 is 12.2 Å². The van der Waals surface area contributed by atoms with Gasteiger partial charge in [0.05, 0.1) is 0 Å². The highest BCUT2D eigenvalue weighted by atomic mass is 32.1. The van der Waals surface area contributed by atoms with Gasteiger partial charge < -0.3 is 5.73 Å². The second-order valence-electron chi connectivity index (χ2n) is 3.99. The summed E-state index contributed by atoms with van der Waals surface area (Å²) >= 11 is 5.05. The minimum atomic E-state index is 0.205. The van der Waals surface area contributed by atoms with Gasteiger partial charge in [-0.3, -0.25) is 4.57 Å². The molecule has 0 aromatic carbocycles. The molecule has 0 saturated carbocycles. The Labute approximate surface area is 83.1 Å². The van der Waals surface area contributed by atoms with Crippen LogP contribution in [0.25, 0.3) is 0 Å². The molecule has 0 saturated heterocycles. The fourth-order valence-corrected chi connectivity index (χ4v) is 1.23. The summed E-state index contributed by atoms with van der Waals surface area (Å²) < 4.78 is 2.43. The summed E-state index contributed by atoms with van der Waals surface area (Å²) in [6.07, 6.45) is 1.08. The number of aromatic amines is 1. The third-order valence-corrected chi connectivity index (χ3v) is 2.64. The number of anilines is 1. The van der Waals surface area contributed by atoms with Gasteiger partial charge in [0.15, 0.2) is 4.77 Å². The Balaban J connectivity index is 2.92. The molecule has 0 aliphatic carbocycles. The smallest absolute Gasteiger partial charge is 0.220 e. The maximum atomic E-state index is 5.66. The predicted molar refractivity (Wildman–Crippen MR) is 55.9 cm³/mol. The minimum absolute atomic E-state index is 0.205. The lowest BCUT2D eigenvalue weighted by atomic mass is 9.90. The van der Waals surface area contributed by atoms with Gasteiger partial charge in [-0.15, -0.1) is 5.10 Å². The van der Waals surface area contributed by atoms with Crippen LogP contribution in [0, 0.1) is 10.2 Å². The molecule has 0 unspecified atom stereocenters. The predicted octanol–water partition coefficient (Wildman–Crippen LogP) is 1.96. The van der Waals surface area contributed by atoms with E-state index in [1.807, 2.05) is 4.57 Å². The van der Waals surface area contributed by atoms with E-state index in [0.717, 1.165) is 13.0 Å². The first-order valence-corrected chi connectivity index (χ1v) is 4.78. The van der Waals surface area contributed by atoms with Crippen LogP contribution in [0.1, 0.15) is 27.2 Å². The van der Waals surface area contributed by atoms with Crippen molar-refractivity contribution in [3.8, 4) is 0 Å². The maximum Gasteiger partial charge on any atom is 0.220 e. The number of nitrogens with one attached hydrogen (secondary N) is 1. The number of hydrogen-bond donors (Lipinski definition) is 2. The third kappa shape index (κ3) is 2.30. The Morgan fingerprint density at radius 1 is 1.62 bits per heavy atom. The van der Waals surface area contributed by atoms with E-state index >= 15 is 0 Å². The molecule has 0 aliphatic heterocycles. The molecule has 5 heteroatoms. The lowest BCUT2D eigenvalue weighted by molar-refractivity contribution is 0.294. The number of H-pyrrole nitrogens is 1. The van der Waals surface area contributed by atoms with Gasteiger partial charge in [-0.05, 0) is 24.1 Å². The van der Waals surface area contributed by atoms with Crippen LogP contribution in [-0.4, -0.2) is 14.8 Å². The second-order valence-corrected chi connectivity index (χ2v) is 4.38. The van der Waals surface area contributed by atoms with Crippen molar-refractivity contribution < 1.29 is 0 Å². The van der Waals surface area contributed by atoms with Gasteiger partial charge in [-0.25, -0.2) is 5.10 Å². The summed E-state index contributed by atoms with van der Waals surface area (Å²) in [5, 5.41) is 6.53. The average molecular weight is 200 g/mol. The van der Waals surface area contributed by atoms with E-state index in [1.54, 1.807) is 0 Å². The molecule has 3 N–H and O–H groups in total. The molecule has 0 radical (unpaired) electrons. The molecule has 13 heavy (non-hydrogen) atoms. The number of nitrogens with two attached hydrogens (primary N) is 1. The fraction of sp³-hybridized carbons (Fsp3) is 0.750. The van der Waals surface area contributed by atoms with Gasteiger partial charge in [-0.2, -0.15) is 0 Å². The number of nitrogen functional groups attached to an aromatic ring is 1. The van der Waals surface area contributed by atoms with Crippen molar-refractivity contribution in [3.63, 3.8) is 0 Å². The SMILES string of the molecule is CCC(C)(C)Cn1c(N)n[nH]c1=S. The molecule has 0 aliphatic rings. The van der Waals surface area contributed by atoms with E-state index in [9.17, 15) is 0 Å². The number of aromatic nitrogens is 3. The van der Waals surface area contributed by atoms with Crippen LogP contribution in [0.4, 0.5) is 5.95 Å². The molecular weight excluding hydrogens is 184 g/mol. The minimum Gasteiger partial charge on any atom is -0.368 e. The van der Waals surface area contributed by atoms with E-state index < -0.39 is 0 Å². The number of nitrogens with zero attached hydrogens (tertiary/aromatic N) is 2. The normalized spacial score (nSPS) is 11.9. The first-order chi connectivity index (χ1) is 5.96. The lowest BCUT2D eigenvalue weighted by Gasteiger charge is -2.22. The number of hydrogen-bond acceptors (Lipinski definition) is 3. The largest absolute Gasteiger partial charge is 0.368 e. The Morgan fingerprint density at radius 2 is 2.23 bits per heavy atom. The highest BCUT2D eigenvalue weighted by Gasteiger charge is 2.17. The zero-order chi connectivity index (χ0) is 10.1. The Morgan fingerprint density at radius 3 is 2.62 bits per heavy atom. The van der Waals surface area contributed by atoms with Gasteiger partial charge in [0, 0.05) is 6.54 Å². The molecule has 0 atom stereocenters. The van der Waals surface area contributed by atoms with Gasteiger partial charge in [0.1, 0.15) is 0 Å². The van der Waals surface area contributed by atoms with E-state index in [1.165, 1.54) is 0 Å². The molecule has 0 bridgehead atoms. The third-order valence-electron chi connectivity index (χ3n) is 2.33. The van der Waals surface area contributed by atoms with Crippen LogP contribution in [-0.2, 0) is 6.54 Å². The summed E-state index contributed by atoms with van der Waals surface area (Å²) in [4.78, 5) is 0. The quantitative estimate of drug-likeness (QED) is 0.733. The van der Waals surface area contributed by atoms with Crippen LogP contribution in [0.2, 0.25) is 0 Å². The molecule has 1 rings (SSSR count). The zero-order valence-corrected chi connectivity index (χ0v) is 9.11. The van der Waals surface area contributed by atoms with E-state index in [-0.39, 0.29) is 5.41 Å². The fourth-order valence-electron chi connectivity index (χ4n) is 1.02. The van der Waals surface area contributed by atoms with Crippen molar-refractivity contribution in [2.45, 2.75) is 33.7 Å². The van der Waals surface area contributed by atoms with Crippen molar-refractivity contribution in [3.05, 3.63) is 4.77 Å². The van der Waals surface area contributed by atoms with Crippen molar-refractivity contribution in [1.82, 2.24) is 14.8 Å². The molecule has 0 spiro atoms. The molecule has 4 nitrogen and oxygen atoms in total. The summed E-state index contributed by atoms with van der Waals surface area (Å²) in [5.41, 5.74) is 5.86. The topological polar surface area (TPSA) is 59.6 Å². The second kappa shape index (κ2) is 3.49. The van der Waals surface area contributed by atoms with E-state index in [4.69, 9.17) is 18.0 Å². The molecular formula is C8H16N4S. The van der Waals surface area contributed by atoms with Crippen molar-refractivity contribution >= 4 is 18.2 Å². The van der Waals surface area contributed by atoms with Crippen LogP contribution in [0.15, 0.2) is 0 Å². The summed E-state index contributed by atoms with van der Waals surface area (Å²) in [7, 11) is 0. The Hall–Kier alpha value is -0.840. The average Bonchev–Trinajstić information content (AvgIpc) is 2.36. The van der Waals surface area contributed by atoms with Gasteiger partial charge in [0.25, 0.3) is 0 Å². The molecule has 74 valence electrons. The van der Waals surface area contributed by atoms with Crippen molar-refractivity contribution in [1.29, 1.82) is 0 Å². The van der Waals surface area contributed by atoms with Crippen LogP contribution < -0.4 is 5.73 Å². The Kier molecular flexibility index (Phi) is 2.75. The monoisotopic (exact) mass is 200 g/mol. The summed E-state index contributed by atoms with van der Waals surface area (Å²) in [6.45, 7) is 7.33. The molecule has 1 aromatic heterocycles. The maximum absolute atomic E-state index is 5.66. The van der Waals surface area contributed by atoms with Crippen molar-refractivity contribution in [2.75, 3.05) is 5.73 Å². The first-order valence-electron chi connectivity index (χ1n) is 4.37. The molecule has 0 amide bonds. The van der Waals surface area contributed by atoms with Crippen molar-refractivity contribution in [2.24, 2.45) is 5.41 Å². The van der Waals surface area contributed by atoms with Gasteiger partial charge >= 0.3 is 0 Å². The van der Waals surface area contributed by atoms with Gasteiger partial charge in [0.2, 0.25) is 5.95 Å². The van der Waals surface area contributed by atoms with Crippen LogP contribution in [0.5, 0.6) is 0 Å². The highest BCUT2D eigenvalue weighted by Crippen LogP contribution is 2.23. The highest BCUT2D eigenvalue weighted by molar-refractivity contribution is 7.71. The Bertz CT molecular complexity index is 336. The summed E-state index contributed by atoms with van der Waals surface area (Å²) in [6, 6.07) is 0. The zero-order valence-electron chi connectivity index (χ0n) is 8.29. The van der Waals surface area contributed by atoms with E-state index in [0.29, 0.717) is 10.7 Å². The van der Waals surface area contributed by atoms with Gasteiger partial charge in [-0.1, -0.05) is 20.8 Å². The summed E-state index contributed by atoms with van der Waals surface area (Å²) in [5.74, 6) is 0.464. The molecule has 1 aromatic rings. The number of rotatable bonds is 3. The molecule has 0 fully saturated rings. The van der Waals surface area contributed by atoms with E-state index in [2.05, 4.69) is 31.0 Å². The standard InChI is InChI=1S/C8H16N4S/c1-4-8(2,3)5-12-6(9)10-11-7(12)13/h4-5H2,1-3H3,(H2,9,10)(H,11,13). The molecule has 1 heterocycles. The first kappa shape index (κ1) is 10.2. The lowest BCUT2D eigenvalue weighted by Crippen LogP contribution is -2.20.